The van der Waals surface area contributed by atoms with Crippen LogP contribution in [0.1, 0.15) is 5.56 Å². The molecule has 0 unspecified atom stereocenters. The highest BCUT2D eigenvalue weighted by Gasteiger charge is 2.04. The van der Waals surface area contributed by atoms with Crippen LogP contribution in [0.3, 0.4) is 0 Å². The fourth-order valence-corrected chi connectivity index (χ4v) is 1.43. The second-order valence-electron chi connectivity index (χ2n) is 2.63. The summed E-state index contributed by atoms with van der Waals surface area (Å²) in [4.78, 5) is 11.0. The van der Waals surface area contributed by atoms with Crippen LogP contribution in [0.5, 0.6) is 0 Å². The normalized spacial score (nSPS) is 10.1. The quantitative estimate of drug-likeness (QED) is 0.768. The molecule has 4 heteroatoms. The molecule has 0 saturated heterocycles. The number of hydrogen-bond acceptors (Lipinski definition) is 1. The maximum absolute atomic E-state index is 12.8. The second kappa shape index (κ2) is 4.72. The first kappa shape index (κ1) is 10.7. The molecule has 0 amide bonds. The molecule has 1 nitrogen and oxygen atoms in total. The molecule has 0 aliphatic heterocycles. The molecule has 0 fully saturated rings. The predicted molar refractivity (Wildman–Crippen MR) is 53.9 cm³/mol. The fourth-order valence-electron chi connectivity index (χ4n) is 0.988. The molecule has 13 heavy (non-hydrogen) atoms. The van der Waals surface area contributed by atoms with Gasteiger partial charge in [0.05, 0.1) is 5.33 Å². The zero-order valence-corrected chi connectivity index (χ0v) is 9.03. The van der Waals surface area contributed by atoms with Crippen LogP contribution in [0.25, 0.3) is 0 Å². The summed E-state index contributed by atoms with van der Waals surface area (Å²) in [6.07, 6.45) is 0.211. The molecule has 1 aromatic carbocycles. The van der Waals surface area contributed by atoms with Crippen LogP contribution in [0, 0.1) is 5.82 Å². The SMILES string of the molecule is O=C(CBr)Cc1cc(F)cc(Cl)c1. The molecular weight excluding hydrogens is 258 g/mol. The first-order valence-electron chi connectivity index (χ1n) is 3.64. The van der Waals surface area contributed by atoms with Crippen molar-refractivity contribution in [3.05, 3.63) is 34.6 Å². The summed E-state index contributed by atoms with van der Waals surface area (Å²) in [6, 6.07) is 4.11. The van der Waals surface area contributed by atoms with Crippen molar-refractivity contribution in [3.8, 4) is 0 Å². The van der Waals surface area contributed by atoms with Crippen molar-refractivity contribution in [2.75, 3.05) is 5.33 Å². The third kappa shape index (κ3) is 3.44. The standard InChI is InChI=1S/C9H7BrClFO/c10-5-9(13)3-6-1-7(11)4-8(12)2-6/h1-2,4H,3,5H2. The van der Waals surface area contributed by atoms with E-state index in [0.717, 1.165) is 0 Å². The van der Waals surface area contributed by atoms with Gasteiger partial charge in [0, 0.05) is 11.4 Å². The van der Waals surface area contributed by atoms with Crippen molar-refractivity contribution in [3.63, 3.8) is 0 Å². The average Bonchev–Trinajstić information content (AvgIpc) is 2.02. The number of rotatable bonds is 3. The summed E-state index contributed by atoms with van der Waals surface area (Å²) in [5.41, 5.74) is 0.606. The number of carbonyl (C=O) groups excluding carboxylic acids is 1. The highest BCUT2D eigenvalue weighted by Crippen LogP contribution is 2.14. The predicted octanol–water partition coefficient (Wildman–Crippen LogP) is 2.99. The summed E-state index contributed by atoms with van der Waals surface area (Å²) in [7, 11) is 0. The van der Waals surface area contributed by atoms with Gasteiger partial charge in [-0.3, -0.25) is 4.79 Å². The second-order valence-corrected chi connectivity index (χ2v) is 3.62. The molecule has 0 aliphatic carbocycles. The van der Waals surface area contributed by atoms with Crippen LogP contribution in [-0.2, 0) is 11.2 Å². The molecule has 0 heterocycles. The fraction of sp³-hybridized carbons (Fsp3) is 0.222. The molecule has 1 rings (SSSR count). The van der Waals surface area contributed by atoms with Gasteiger partial charge in [0.25, 0.3) is 0 Å². The molecule has 0 radical (unpaired) electrons. The molecule has 0 bridgehead atoms. The minimum absolute atomic E-state index is 0.00154. The Balaban J connectivity index is 2.83. The van der Waals surface area contributed by atoms with E-state index in [1.54, 1.807) is 6.07 Å². The first-order valence-corrected chi connectivity index (χ1v) is 5.14. The number of benzene rings is 1. The Morgan fingerprint density at radius 1 is 1.46 bits per heavy atom. The molecule has 70 valence electrons. The van der Waals surface area contributed by atoms with Crippen molar-refractivity contribution < 1.29 is 9.18 Å². The highest BCUT2D eigenvalue weighted by molar-refractivity contribution is 9.09. The Morgan fingerprint density at radius 2 is 2.15 bits per heavy atom. The van der Waals surface area contributed by atoms with Crippen LogP contribution in [0.15, 0.2) is 18.2 Å². The van der Waals surface area contributed by atoms with Crippen LogP contribution >= 0.6 is 27.5 Å². The minimum Gasteiger partial charge on any atom is -0.298 e. The first-order chi connectivity index (χ1) is 6.11. The van der Waals surface area contributed by atoms with Crippen LogP contribution in [-0.4, -0.2) is 11.1 Å². The van der Waals surface area contributed by atoms with Gasteiger partial charge in [0.1, 0.15) is 11.6 Å². The molecular formula is C9H7BrClFO. The van der Waals surface area contributed by atoms with Gasteiger partial charge in [-0.1, -0.05) is 27.5 Å². The Kier molecular flexibility index (Phi) is 3.88. The topological polar surface area (TPSA) is 17.1 Å². The molecule has 0 saturated carbocycles. The highest BCUT2D eigenvalue weighted by atomic mass is 79.9. The lowest BCUT2D eigenvalue weighted by Crippen LogP contribution is -2.03. The maximum atomic E-state index is 12.8. The van der Waals surface area contributed by atoms with Gasteiger partial charge >= 0.3 is 0 Å². The number of ketones is 1. The monoisotopic (exact) mass is 264 g/mol. The van der Waals surface area contributed by atoms with Gasteiger partial charge in [0.15, 0.2) is 0 Å². The Bertz CT molecular complexity index is 307. The van der Waals surface area contributed by atoms with Gasteiger partial charge in [-0.15, -0.1) is 0 Å². The van der Waals surface area contributed by atoms with E-state index in [1.165, 1.54) is 12.1 Å². The number of alkyl halides is 1. The summed E-state index contributed by atoms with van der Waals surface area (Å²) < 4.78 is 12.8. The lowest BCUT2D eigenvalue weighted by atomic mass is 10.1. The van der Waals surface area contributed by atoms with Gasteiger partial charge in [0.2, 0.25) is 0 Å². The molecule has 0 aliphatic rings. The van der Waals surface area contributed by atoms with Crippen LogP contribution in [0.2, 0.25) is 5.02 Å². The van der Waals surface area contributed by atoms with Crippen molar-refractivity contribution in [1.29, 1.82) is 0 Å². The zero-order valence-electron chi connectivity index (χ0n) is 6.69. The van der Waals surface area contributed by atoms with E-state index >= 15 is 0 Å². The molecule has 0 spiro atoms. The maximum Gasteiger partial charge on any atom is 0.147 e. The van der Waals surface area contributed by atoms with E-state index < -0.39 is 5.82 Å². The Labute approximate surface area is 89.0 Å². The summed E-state index contributed by atoms with van der Waals surface area (Å²) >= 11 is 8.65. The van der Waals surface area contributed by atoms with Crippen molar-refractivity contribution in [1.82, 2.24) is 0 Å². The Hall–Kier alpha value is -0.410. The van der Waals surface area contributed by atoms with E-state index in [-0.39, 0.29) is 17.5 Å². The smallest absolute Gasteiger partial charge is 0.147 e. The van der Waals surface area contributed by atoms with E-state index in [1.807, 2.05) is 0 Å². The molecule has 1 aromatic rings. The zero-order chi connectivity index (χ0) is 9.84. The summed E-state index contributed by atoms with van der Waals surface area (Å²) in [5.74, 6) is -0.411. The van der Waals surface area contributed by atoms with Crippen molar-refractivity contribution in [2.45, 2.75) is 6.42 Å². The number of carbonyl (C=O) groups is 1. The number of Topliss-reactive ketones (excluding diaryl/α,β-unsaturated/α-hetero) is 1. The van der Waals surface area contributed by atoms with E-state index in [9.17, 15) is 9.18 Å². The van der Waals surface area contributed by atoms with Crippen molar-refractivity contribution in [2.24, 2.45) is 0 Å². The van der Waals surface area contributed by atoms with E-state index in [0.29, 0.717) is 10.6 Å². The van der Waals surface area contributed by atoms with E-state index in [2.05, 4.69) is 15.9 Å². The summed E-state index contributed by atoms with van der Waals surface area (Å²) in [5, 5.41) is 0.596. The van der Waals surface area contributed by atoms with Crippen molar-refractivity contribution >= 4 is 33.3 Å². The lowest BCUT2D eigenvalue weighted by molar-refractivity contribution is -0.115. The minimum atomic E-state index is -0.412. The average molecular weight is 266 g/mol. The number of halogens is 3. The van der Waals surface area contributed by atoms with Gasteiger partial charge in [-0.05, 0) is 23.8 Å². The molecule has 0 atom stereocenters. The Morgan fingerprint density at radius 3 is 2.69 bits per heavy atom. The molecule has 0 N–H and O–H groups in total. The summed E-state index contributed by atoms with van der Waals surface area (Å²) in [6.45, 7) is 0. The van der Waals surface area contributed by atoms with Gasteiger partial charge in [-0.25, -0.2) is 4.39 Å². The van der Waals surface area contributed by atoms with Gasteiger partial charge < -0.3 is 0 Å². The largest absolute Gasteiger partial charge is 0.298 e. The van der Waals surface area contributed by atoms with Crippen LogP contribution < -0.4 is 0 Å². The third-order valence-electron chi connectivity index (χ3n) is 1.47. The third-order valence-corrected chi connectivity index (χ3v) is 2.32. The number of hydrogen-bond donors (Lipinski definition) is 0. The van der Waals surface area contributed by atoms with Gasteiger partial charge in [-0.2, -0.15) is 0 Å². The molecule has 0 aromatic heterocycles. The van der Waals surface area contributed by atoms with Crippen LogP contribution in [0.4, 0.5) is 4.39 Å². The van der Waals surface area contributed by atoms with E-state index in [4.69, 9.17) is 11.6 Å². The lowest BCUT2D eigenvalue weighted by Gasteiger charge is -1.99.